The van der Waals surface area contributed by atoms with Crippen LogP contribution in [-0.2, 0) is 4.74 Å². The van der Waals surface area contributed by atoms with Gasteiger partial charge in [-0.15, -0.1) is 24.0 Å². The standard InChI is InChI=1S/C19H35N5O.HI/c1-3-5-16-25-17-10-15-24-19(20-4-2)23-14-9-8-13-22-18-11-6-7-12-21-18;/h6-7,11-12H,3-5,8-10,13-17H2,1-2H3,(H,21,22)(H2,20,23,24);1H. The number of hydrogen-bond acceptors (Lipinski definition) is 4. The lowest BCUT2D eigenvalue weighted by Gasteiger charge is -2.11. The topological polar surface area (TPSA) is 70.6 Å². The molecule has 0 spiro atoms. The van der Waals surface area contributed by atoms with Crippen LogP contribution in [-0.4, -0.2) is 50.3 Å². The number of aliphatic imine (C=N–C) groups is 1. The minimum Gasteiger partial charge on any atom is -0.381 e. The van der Waals surface area contributed by atoms with Gasteiger partial charge in [-0.25, -0.2) is 4.98 Å². The highest BCUT2D eigenvalue weighted by molar-refractivity contribution is 14.0. The average Bonchev–Trinajstić information content (AvgIpc) is 2.64. The Morgan fingerprint density at radius 3 is 2.58 bits per heavy atom. The van der Waals surface area contributed by atoms with Gasteiger partial charge in [0.2, 0.25) is 0 Å². The number of aromatic nitrogens is 1. The first-order valence-corrected chi connectivity index (χ1v) is 9.61. The van der Waals surface area contributed by atoms with Gasteiger partial charge < -0.3 is 20.7 Å². The Kier molecular flexibility index (Phi) is 17.9. The SMILES string of the molecule is CCCCOCCCN=C(NCC)NCCCCNc1ccccn1.I. The molecule has 3 N–H and O–H groups in total. The average molecular weight is 477 g/mol. The van der Waals surface area contributed by atoms with Crippen LogP contribution in [0.15, 0.2) is 29.4 Å². The number of guanidine groups is 1. The van der Waals surface area contributed by atoms with Gasteiger partial charge in [0, 0.05) is 45.6 Å². The number of unbranched alkanes of at least 4 members (excludes halogenated alkanes) is 2. The van der Waals surface area contributed by atoms with Gasteiger partial charge >= 0.3 is 0 Å². The molecule has 0 bridgehead atoms. The first kappa shape index (κ1) is 24.9. The number of anilines is 1. The summed E-state index contributed by atoms with van der Waals surface area (Å²) in [6.45, 7) is 9.44. The molecule has 0 aromatic carbocycles. The summed E-state index contributed by atoms with van der Waals surface area (Å²) in [4.78, 5) is 8.83. The van der Waals surface area contributed by atoms with Crippen molar-refractivity contribution in [3.63, 3.8) is 0 Å². The van der Waals surface area contributed by atoms with Crippen LogP contribution in [0.3, 0.4) is 0 Å². The molecular formula is C19H36IN5O. The van der Waals surface area contributed by atoms with E-state index in [9.17, 15) is 0 Å². The van der Waals surface area contributed by atoms with Crippen LogP contribution in [0.4, 0.5) is 5.82 Å². The number of pyridine rings is 1. The fourth-order valence-electron chi connectivity index (χ4n) is 2.19. The minimum absolute atomic E-state index is 0. The third-order valence-electron chi connectivity index (χ3n) is 3.57. The van der Waals surface area contributed by atoms with Gasteiger partial charge in [0.05, 0.1) is 0 Å². The van der Waals surface area contributed by atoms with E-state index in [4.69, 9.17) is 4.74 Å². The van der Waals surface area contributed by atoms with Crippen molar-refractivity contribution in [2.24, 2.45) is 4.99 Å². The smallest absolute Gasteiger partial charge is 0.191 e. The molecule has 1 aromatic heterocycles. The van der Waals surface area contributed by atoms with Gasteiger partial charge in [-0.2, -0.15) is 0 Å². The molecule has 0 atom stereocenters. The lowest BCUT2D eigenvalue weighted by atomic mass is 10.3. The highest BCUT2D eigenvalue weighted by atomic mass is 127. The zero-order valence-electron chi connectivity index (χ0n) is 16.3. The molecular weight excluding hydrogens is 441 g/mol. The molecule has 0 amide bonds. The maximum Gasteiger partial charge on any atom is 0.191 e. The molecule has 1 rings (SSSR count). The van der Waals surface area contributed by atoms with Crippen LogP contribution in [0, 0.1) is 0 Å². The molecule has 150 valence electrons. The van der Waals surface area contributed by atoms with E-state index in [-0.39, 0.29) is 24.0 Å². The second-order valence-corrected chi connectivity index (χ2v) is 5.86. The van der Waals surface area contributed by atoms with E-state index in [1.165, 1.54) is 6.42 Å². The van der Waals surface area contributed by atoms with Crippen LogP contribution >= 0.6 is 24.0 Å². The fourth-order valence-corrected chi connectivity index (χ4v) is 2.19. The largest absolute Gasteiger partial charge is 0.381 e. The summed E-state index contributed by atoms with van der Waals surface area (Å²) in [6.07, 6.45) is 7.28. The molecule has 0 aliphatic carbocycles. The van der Waals surface area contributed by atoms with Crippen LogP contribution in [0.2, 0.25) is 0 Å². The number of nitrogens with one attached hydrogen (secondary N) is 3. The number of halogens is 1. The molecule has 26 heavy (non-hydrogen) atoms. The second-order valence-electron chi connectivity index (χ2n) is 5.86. The first-order valence-electron chi connectivity index (χ1n) is 9.61. The van der Waals surface area contributed by atoms with Crippen molar-refractivity contribution in [1.29, 1.82) is 0 Å². The Morgan fingerprint density at radius 1 is 1.04 bits per heavy atom. The monoisotopic (exact) mass is 477 g/mol. The van der Waals surface area contributed by atoms with Gasteiger partial charge in [0.15, 0.2) is 5.96 Å². The van der Waals surface area contributed by atoms with E-state index >= 15 is 0 Å². The number of ether oxygens (including phenoxy) is 1. The molecule has 0 aliphatic heterocycles. The molecule has 6 nitrogen and oxygen atoms in total. The zero-order chi connectivity index (χ0) is 18.0. The lowest BCUT2D eigenvalue weighted by Crippen LogP contribution is -2.38. The van der Waals surface area contributed by atoms with Crippen molar-refractivity contribution in [1.82, 2.24) is 15.6 Å². The van der Waals surface area contributed by atoms with Crippen molar-refractivity contribution < 1.29 is 4.74 Å². The summed E-state index contributed by atoms with van der Waals surface area (Å²) in [6, 6.07) is 5.90. The number of rotatable bonds is 14. The summed E-state index contributed by atoms with van der Waals surface area (Å²) in [5.74, 6) is 1.83. The molecule has 0 radical (unpaired) electrons. The maximum absolute atomic E-state index is 5.56. The van der Waals surface area contributed by atoms with E-state index in [2.05, 4.69) is 39.8 Å². The van der Waals surface area contributed by atoms with Crippen molar-refractivity contribution in [2.75, 3.05) is 44.7 Å². The van der Waals surface area contributed by atoms with Crippen LogP contribution in [0.25, 0.3) is 0 Å². The summed E-state index contributed by atoms with van der Waals surface area (Å²) in [5, 5.41) is 9.99. The Hall–Kier alpha value is -1.09. The molecule has 0 aliphatic rings. The van der Waals surface area contributed by atoms with Gasteiger partial charge in [0.25, 0.3) is 0 Å². The van der Waals surface area contributed by atoms with E-state index in [1.807, 2.05) is 18.2 Å². The van der Waals surface area contributed by atoms with E-state index in [1.54, 1.807) is 6.20 Å². The van der Waals surface area contributed by atoms with Crippen molar-refractivity contribution in [2.45, 2.75) is 46.0 Å². The minimum atomic E-state index is 0. The summed E-state index contributed by atoms with van der Waals surface area (Å²) < 4.78 is 5.56. The lowest BCUT2D eigenvalue weighted by molar-refractivity contribution is 0.130. The Bertz CT molecular complexity index is 445. The Labute approximate surface area is 176 Å². The van der Waals surface area contributed by atoms with E-state index in [0.717, 1.165) is 76.9 Å². The number of hydrogen-bond donors (Lipinski definition) is 3. The quantitative estimate of drug-likeness (QED) is 0.165. The first-order chi connectivity index (χ1) is 12.4. The summed E-state index contributed by atoms with van der Waals surface area (Å²) in [7, 11) is 0. The maximum atomic E-state index is 5.56. The van der Waals surface area contributed by atoms with Gasteiger partial charge in [0.1, 0.15) is 5.82 Å². The predicted molar refractivity (Wildman–Crippen MR) is 122 cm³/mol. The molecule has 0 saturated carbocycles. The van der Waals surface area contributed by atoms with E-state index < -0.39 is 0 Å². The summed E-state index contributed by atoms with van der Waals surface area (Å²) >= 11 is 0. The highest BCUT2D eigenvalue weighted by Crippen LogP contribution is 2.00. The highest BCUT2D eigenvalue weighted by Gasteiger charge is 1.97. The molecule has 1 heterocycles. The van der Waals surface area contributed by atoms with E-state index in [0.29, 0.717) is 0 Å². The van der Waals surface area contributed by atoms with Crippen LogP contribution in [0.1, 0.15) is 46.0 Å². The van der Waals surface area contributed by atoms with Gasteiger partial charge in [-0.1, -0.05) is 19.4 Å². The van der Waals surface area contributed by atoms with Crippen molar-refractivity contribution >= 4 is 35.8 Å². The summed E-state index contributed by atoms with van der Waals surface area (Å²) in [5.41, 5.74) is 0. The third kappa shape index (κ3) is 14.1. The van der Waals surface area contributed by atoms with Crippen LogP contribution in [0.5, 0.6) is 0 Å². The predicted octanol–water partition coefficient (Wildman–Crippen LogP) is 3.65. The van der Waals surface area contributed by atoms with Gasteiger partial charge in [-0.3, -0.25) is 4.99 Å². The second kappa shape index (κ2) is 18.7. The molecule has 7 heteroatoms. The Morgan fingerprint density at radius 2 is 1.85 bits per heavy atom. The normalized spacial score (nSPS) is 10.9. The van der Waals surface area contributed by atoms with Crippen molar-refractivity contribution in [3.8, 4) is 0 Å². The molecule has 0 fully saturated rings. The molecule has 0 saturated heterocycles. The van der Waals surface area contributed by atoms with Crippen molar-refractivity contribution in [3.05, 3.63) is 24.4 Å². The molecule has 0 unspecified atom stereocenters. The van der Waals surface area contributed by atoms with Gasteiger partial charge in [-0.05, 0) is 44.7 Å². The van der Waals surface area contributed by atoms with Crippen LogP contribution < -0.4 is 16.0 Å². The third-order valence-corrected chi connectivity index (χ3v) is 3.57. The molecule has 1 aromatic rings. The zero-order valence-corrected chi connectivity index (χ0v) is 18.6. The fraction of sp³-hybridized carbons (Fsp3) is 0.684. The number of nitrogens with zero attached hydrogens (tertiary/aromatic N) is 2. The Balaban J connectivity index is 0.00000625.